The van der Waals surface area contributed by atoms with E-state index in [1.54, 1.807) is 12.1 Å². The minimum atomic E-state index is -0.326. The molecule has 0 fully saturated rings. The molecule has 1 atom stereocenters. The van der Waals surface area contributed by atoms with Gasteiger partial charge >= 0.3 is 0 Å². The number of nitrogens with one attached hydrogen (secondary N) is 1. The Balaban J connectivity index is 0.000000461. The molecule has 2 amide bonds. The highest BCUT2D eigenvalue weighted by atomic mass is 16.2. The Labute approximate surface area is 120 Å². The Morgan fingerprint density at radius 1 is 1.10 bits per heavy atom. The molecule has 0 saturated carbocycles. The third-order valence-corrected chi connectivity index (χ3v) is 3.14. The van der Waals surface area contributed by atoms with Crippen LogP contribution in [-0.4, -0.2) is 11.8 Å². The van der Waals surface area contributed by atoms with Gasteiger partial charge in [0.1, 0.15) is 0 Å². The maximum absolute atomic E-state index is 11.7. The summed E-state index contributed by atoms with van der Waals surface area (Å²) in [5.41, 5.74) is 8.69. The second-order valence-electron chi connectivity index (χ2n) is 4.03. The first-order valence-corrected chi connectivity index (χ1v) is 7.12. The van der Waals surface area contributed by atoms with Gasteiger partial charge in [0.2, 0.25) is 5.91 Å². The second-order valence-corrected chi connectivity index (χ2v) is 4.03. The molecular formula is C16H22N2O2. The van der Waals surface area contributed by atoms with Gasteiger partial charge in [-0.3, -0.25) is 14.9 Å². The number of hydrogen-bond acceptors (Lipinski definition) is 3. The van der Waals surface area contributed by atoms with Crippen LogP contribution in [0.2, 0.25) is 0 Å². The summed E-state index contributed by atoms with van der Waals surface area (Å²) in [6, 6.07) is 5.36. The normalized spacial score (nSPS) is 18.4. The van der Waals surface area contributed by atoms with Crippen molar-refractivity contribution in [3.8, 4) is 0 Å². The largest absolute Gasteiger partial charge is 0.398 e. The molecule has 2 aliphatic rings. The van der Waals surface area contributed by atoms with E-state index in [0.717, 1.165) is 11.1 Å². The lowest BCUT2D eigenvalue weighted by Crippen LogP contribution is -2.41. The average Bonchev–Trinajstić information content (AvgIpc) is 2.50. The summed E-state index contributed by atoms with van der Waals surface area (Å²) >= 11 is 0. The summed E-state index contributed by atoms with van der Waals surface area (Å²) in [7, 11) is 0. The van der Waals surface area contributed by atoms with E-state index in [0.29, 0.717) is 17.7 Å². The Morgan fingerprint density at radius 3 is 2.35 bits per heavy atom. The highest BCUT2D eigenvalue weighted by Gasteiger charge is 2.35. The van der Waals surface area contributed by atoms with Crippen LogP contribution in [0, 0.1) is 0 Å². The number of allylic oxidation sites excluding steroid dienone is 1. The zero-order valence-corrected chi connectivity index (χ0v) is 12.5. The number of carbonyl (C=O) groups excluding carboxylic acids is 2. The first-order valence-electron chi connectivity index (χ1n) is 7.12. The fraction of sp³-hybridized carbons (Fsp3) is 0.375. The van der Waals surface area contributed by atoms with Gasteiger partial charge in [-0.2, -0.15) is 0 Å². The first-order chi connectivity index (χ1) is 9.68. The number of imide groups is 1. The molecule has 1 aliphatic heterocycles. The fourth-order valence-electron chi connectivity index (χ4n) is 2.37. The van der Waals surface area contributed by atoms with E-state index in [1.807, 2.05) is 39.8 Å². The summed E-state index contributed by atoms with van der Waals surface area (Å²) in [6.45, 7) is 8.00. The predicted molar refractivity (Wildman–Crippen MR) is 81.1 cm³/mol. The molecule has 4 heteroatoms. The van der Waals surface area contributed by atoms with Crippen LogP contribution in [0.5, 0.6) is 0 Å². The Bertz CT molecular complexity index is 547. The SMILES string of the molecule is CC.CC.NC1=CCC2C(=O)NC(=O)c3cccc1c32. The number of hydrogen-bond donors (Lipinski definition) is 2. The summed E-state index contributed by atoms with van der Waals surface area (Å²) in [4.78, 5) is 23.3. The number of rotatable bonds is 0. The van der Waals surface area contributed by atoms with E-state index in [4.69, 9.17) is 5.73 Å². The average molecular weight is 274 g/mol. The zero-order chi connectivity index (χ0) is 15.3. The van der Waals surface area contributed by atoms with E-state index >= 15 is 0 Å². The minimum Gasteiger partial charge on any atom is -0.398 e. The highest BCUT2D eigenvalue weighted by Crippen LogP contribution is 2.37. The molecule has 0 aromatic heterocycles. The summed E-state index contributed by atoms with van der Waals surface area (Å²) < 4.78 is 0. The van der Waals surface area contributed by atoms with Crippen molar-refractivity contribution in [2.75, 3.05) is 0 Å². The molecular weight excluding hydrogens is 252 g/mol. The van der Waals surface area contributed by atoms with Crippen molar-refractivity contribution < 1.29 is 9.59 Å². The van der Waals surface area contributed by atoms with Crippen LogP contribution in [0.3, 0.4) is 0 Å². The molecule has 0 bridgehead atoms. The maximum Gasteiger partial charge on any atom is 0.258 e. The van der Waals surface area contributed by atoms with Crippen LogP contribution < -0.4 is 11.1 Å². The highest BCUT2D eigenvalue weighted by molar-refractivity contribution is 6.12. The molecule has 0 radical (unpaired) electrons. The lowest BCUT2D eigenvalue weighted by molar-refractivity contribution is -0.121. The van der Waals surface area contributed by atoms with Crippen molar-refractivity contribution >= 4 is 17.5 Å². The third-order valence-electron chi connectivity index (χ3n) is 3.14. The van der Waals surface area contributed by atoms with Crippen molar-refractivity contribution in [2.45, 2.75) is 40.0 Å². The lowest BCUT2D eigenvalue weighted by atomic mass is 9.79. The molecule has 1 heterocycles. The van der Waals surface area contributed by atoms with Gasteiger partial charge in [-0.1, -0.05) is 45.9 Å². The molecule has 0 saturated heterocycles. The number of nitrogens with two attached hydrogens (primary N) is 1. The molecule has 20 heavy (non-hydrogen) atoms. The van der Waals surface area contributed by atoms with E-state index < -0.39 is 0 Å². The van der Waals surface area contributed by atoms with Crippen LogP contribution in [0.1, 0.15) is 61.5 Å². The van der Waals surface area contributed by atoms with Crippen molar-refractivity contribution in [1.82, 2.24) is 5.32 Å². The summed E-state index contributed by atoms with van der Waals surface area (Å²) in [6.07, 6.45) is 2.40. The van der Waals surface area contributed by atoms with Crippen LogP contribution >= 0.6 is 0 Å². The number of carbonyl (C=O) groups is 2. The summed E-state index contributed by atoms with van der Waals surface area (Å²) in [5.74, 6) is -0.822. The van der Waals surface area contributed by atoms with E-state index in [-0.39, 0.29) is 17.7 Å². The zero-order valence-electron chi connectivity index (χ0n) is 12.5. The van der Waals surface area contributed by atoms with Crippen LogP contribution in [-0.2, 0) is 4.79 Å². The van der Waals surface area contributed by atoms with Crippen LogP contribution in [0.15, 0.2) is 24.3 Å². The van der Waals surface area contributed by atoms with Crippen molar-refractivity contribution in [3.05, 3.63) is 41.0 Å². The van der Waals surface area contributed by atoms with Crippen molar-refractivity contribution in [3.63, 3.8) is 0 Å². The monoisotopic (exact) mass is 274 g/mol. The molecule has 3 N–H and O–H groups in total. The predicted octanol–water partition coefficient (Wildman–Crippen LogP) is 2.80. The van der Waals surface area contributed by atoms with E-state index in [1.165, 1.54) is 0 Å². The molecule has 3 rings (SSSR count). The molecule has 0 spiro atoms. The molecule has 1 aromatic rings. The van der Waals surface area contributed by atoms with Gasteiger partial charge in [0.15, 0.2) is 0 Å². The van der Waals surface area contributed by atoms with E-state index in [9.17, 15) is 9.59 Å². The van der Waals surface area contributed by atoms with Crippen LogP contribution in [0.25, 0.3) is 5.70 Å². The first kappa shape index (κ1) is 16.0. The Hall–Kier alpha value is -2.10. The molecule has 4 nitrogen and oxygen atoms in total. The molecule has 1 aliphatic carbocycles. The fourth-order valence-corrected chi connectivity index (χ4v) is 2.37. The van der Waals surface area contributed by atoms with E-state index in [2.05, 4.69) is 5.32 Å². The van der Waals surface area contributed by atoms with Gasteiger partial charge in [0.25, 0.3) is 5.91 Å². The quantitative estimate of drug-likeness (QED) is 0.714. The van der Waals surface area contributed by atoms with Gasteiger partial charge in [-0.05, 0) is 18.1 Å². The van der Waals surface area contributed by atoms with Gasteiger partial charge in [0, 0.05) is 16.8 Å². The lowest BCUT2D eigenvalue weighted by Gasteiger charge is -2.29. The minimum absolute atomic E-state index is 0.228. The Morgan fingerprint density at radius 2 is 1.70 bits per heavy atom. The van der Waals surface area contributed by atoms with Gasteiger partial charge in [0.05, 0.1) is 5.92 Å². The smallest absolute Gasteiger partial charge is 0.258 e. The van der Waals surface area contributed by atoms with Crippen molar-refractivity contribution in [2.24, 2.45) is 5.73 Å². The second kappa shape index (κ2) is 6.89. The number of benzene rings is 1. The standard InChI is InChI=1S/C12H10N2O2.2C2H6/c13-9-5-4-8-10-6(9)2-1-3-7(10)11(15)14-12(8)16;2*1-2/h1-3,5,8H,4,13H2,(H,14,15,16);2*1-2H3. The molecule has 1 unspecified atom stereocenters. The van der Waals surface area contributed by atoms with Crippen molar-refractivity contribution in [1.29, 1.82) is 0 Å². The third kappa shape index (κ3) is 2.59. The number of amides is 2. The molecule has 108 valence electrons. The Kier molecular flexibility index (Phi) is 5.50. The van der Waals surface area contributed by atoms with Crippen LogP contribution in [0.4, 0.5) is 0 Å². The molecule has 1 aromatic carbocycles. The topological polar surface area (TPSA) is 72.2 Å². The van der Waals surface area contributed by atoms with Gasteiger partial charge in [-0.15, -0.1) is 0 Å². The summed E-state index contributed by atoms with van der Waals surface area (Å²) in [5, 5.41) is 2.36. The van der Waals surface area contributed by atoms with Gasteiger partial charge in [-0.25, -0.2) is 0 Å². The van der Waals surface area contributed by atoms with Gasteiger partial charge < -0.3 is 5.73 Å². The maximum atomic E-state index is 11.7.